The summed E-state index contributed by atoms with van der Waals surface area (Å²) in [6, 6.07) is 13.0. The van der Waals surface area contributed by atoms with Crippen LogP contribution in [0.25, 0.3) is 11.3 Å². The van der Waals surface area contributed by atoms with Crippen LogP contribution in [0, 0.1) is 0 Å². The van der Waals surface area contributed by atoms with E-state index in [1.165, 1.54) is 25.7 Å². The van der Waals surface area contributed by atoms with Crippen molar-refractivity contribution in [2.75, 3.05) is 36.5 Å². The second kappa shape index (κ2) is 7.18. The van der Waals surface area contributed by atoms with Gasteiger partial charge in [0.05, 0.1) is 18.9 Å². The monoisotopic (exact) mass is 324 g/mol. The SMILES string of the molecule is c1ccc(-c2cc(NC3CCCC3)nc(N3CCOCC3)n2)cc1. The highest BCUT2D eigenvalue weighted by Gasteiger charge is 2.19. The van der Waals surface area contributed by atoms with E-state index < -0.39 is 0 Å². The Kier molecular flexibility index (Phi) is 4.60. The van der Waals surface area contributed by atoms with Crippen molar-refractivity contribution in [3.8, 4) is 11.3 Å². The molecule has 5 nitrogen and oxygen atoms in total. The number of ether oxygens (including phenoxy) is 1. The van der Waals surface area contributed by atoms with Gasteiger partial charge in [-0.15, -0.1) is 0 Å². The van der Waals surface area contributed by atoms with E-state index in [1.807, 2.05) is 6.07 Å². The van der Waals surface area contributed by atoms with Crippen LogP contribution in [0.2, 0.25) is 0 Å². The molecule has 24 heavy (non-hydrogen) atoms. The van der Waals surface area contributed by atoms with Gasteiger partial charge in [-0.2, -0.15) is 4.98 Å². The Labute approximate surface area is 143 Å². The van der Waals surface area contributed by atoms with Gasteiger partial charge in [-0.25, -0.2) is 4.98 Å². The highest BCUT2D eigenvalue weighted by Crippen LogP contribution is 2.26. The molecule has 1 N–H and O–H groups in total. The number of benzene rings is 1. The van der Waals surface area contributed by atoms with Gasteiger partial charge in [0.15, 0.2) is 0 Å². The molecule has 0 amide bonds. The van der Waals surface area contributed by atoms with Gasteiger partial charge in [0.2, 0.25) is 5.95 Å². The maximum Gasteiger partial charge on any atom is 0.228 e. The minimum Gasteiger partial charge on any atom is -0.378 e. The lowest BCUT2D eigenvalue weighted by atomic mass is 10.1. The van der Waals surface area contributed by atoms with E-state index >= 15 is 0 Å². The van der Waals surface area contributed by atoms with Gasteiger partial charge in [0, 0.05) is 30.8 Å². The summed E-state index contributed by atoms with van der Waals surface area (Å²) in [4.78, 5) is 11.8. The Hall–Kier alpha value is -2.14. The van der Waals surface area contributed by atoms with Crippen LogP contribution in [0.5, 0.6) is 0 Å². The Balaban J connectivity index is 1.66. The van der Waals surface area contributed by atoms with Crippen LogP contribution in [0.15, 0.2) is 36.4 Å². The number of rotatable bonds is 4. The molecule has 1 aliphatic carbocycles. The van der Waals surface area contributed by atoms with Gasteiger partial charge in [-0.3, -0.25) is 0 Å². The molecule has 0 spiro atoms. The summed E-state index contributed by atoms with van der Waals surface area (Å²) >= 11 is 0. The van der Waals surface area contributed by atoms with Crippen molar-refractivity contribution in [3.63, 3.8) is 0 Å². The molecule has 1 saturated heterocycles. The lowest BCUT2D eigenvalue weighted by Gasteiger charge is -2.27. The Morgan fingerprint density at radius 3 is 2.50 bits per heavy atom. The van der Waals surface area contributed by atoms with E-state index in [0.717, 1.165) is 49.3 Å². The quantitative estimate of drug-likeness (QED) is 0.935. The summed E-state index contributed by atoms with van der Waals surface area (Å²) in [6.07, 6.45) is 5.09. The second-order valence-corrected chi connectivity index (χ2v) is 6.53. The van der Waals surface area contributed by atoms with Crippen molar-refractivity contribution < 1.29 is 4.74 Å². The third-order valence-corrected chi connectivity index (χ3v) is 4.79. The van der Waals surface area contributed by atoms with Crippen molar-refractivity contribution in [2.24, 2.45) is 0 Å². The van der Waals surface area contributed by atoms with Crippen molar-refractivity contribution in [1.82, 2.24) is 9.97 Å². The molecule has 2 aromatic rings. The van der Waals surface area contributed by atoms with Crippen LogP contribution in [0.4, 0.5) is 11.8 Å². The largest absolute Gasteiger partial charge is 0.378 e. The van der Waals surface area contributed by atoms with E-state index in [0.29, 0.717) is 6.04 Å². The predicted molar refractivity (Wildman–Crippen MR) is 96.4 cm³/mol. The molecule has 0 unspecified atom stereocenters. The molecule has 0 radical (unpaired) electrons. The summed E-state index contributed by atoms with van der Waals surface area (Å²) in [7, 11) is 0. The first kappa shape index (κ1) is 15.4. The first-order valence-electron chi connectivity index (χ1n) is 8.92. The summed E-state index contributed by atoms with van der Waals surface area (Å²) in [5, 5.41) is 3.62. The first-order valence-corrected chi connectivity index (χ1v) is 8.92. The lowest BCUT2D eigenvalue weighted by Crippen LogP contribution is -2.37. The molecule has 0 atom stereocenters. The van der Waals surface area contributed by atoms with Gasteiger partial charge >= 0.3 is 0 Å². The van der Waals surface area contributed by atoms with Crippen LogP contribution in [-0.4, -0.2) is 42.3 Å². The van der Waals surface area contributed by atoms with Gasteiger partial charge in [-0.05, 0) is 12.8 Å². The fourth-order valence-electron chi connectivity index (χ4n) is 3.45. The Bertz CT molecular complexity index is 664. The normalized spacial score (nSPS) is 18.8. The average Bonchev–Trinajstić information content (AvgIpc) is 3.16. The van der Waals surface area contributed by atoms with Crippen LogP contribution in [0.3, 0.4) is 0 Å². The highest BCUT2D eigenvalue weighted by atomic mass is 16.5. The van der Waals surface area contributed by atoms with Crippen molar-refractivity contribution in [2.45, 2.75) is 31.7 Å². The number of nitrogens with one attached hydrogen (secondary N) is 1. The Morgan fingerprint density at radius 2 is 1.75 bits per heavy atom. The minimum absolute atomic E-state index is 0.543. The van der Waals surface area contributed by atoms with Gasteiger partial charge in [-0.1, -0.05) is 43.2 Å². The van der Waals surface area contributed by atoms with Crippen molar-refractivity contribution in [1.29, 1.82) is 0 Å². The summed E-state index contributed by atoms with van der Waals surface area (Å²) < 4.78 is 5.46. The van der Waals surface area contributed by atoms with E-state index in [1.54, 1.807) is 0 Å². The molecule has 2 aliphatic rings. The second-order valence-electron chi connectivity index (χ2n) is 6.53. The average molecular weight is 324 g/mol. The van der Waals surface area contributed by atoms with Gasteiger partial charge in [0.1, 0.15) is 5.82 Å². The smallest absolute Gasteiger partial charge is 0.228 e. The molecule has 2 heterocycles. The molecule has 5 heteroatoms. The number of morpholine rings is 1. The molecule has 126 valence electrons. The van der Waals surface area contributed by atoms with Crippen molar-refractivity contribution >= 4 is 11.8 Å². The van der Waals surface area contributed by atoms with Crippen LogP contribution in [-0.2, 0) is 4.74 Å². The Morgan fingerprint density at radius 1 is 1.00 bits per heavy atom. The number of aromatic nitrogens is 2. The minimum atomic E-state index is 0.543. The zero-order chi connectivity index (χ0) is 16.2. The summed E-state index contributed by atoms with van der Waals surface area (Å²) in [6.45, 7) is 3.18. The molecular weight excluding hydrogens is 300 g/mol. The van der Waals surface area contributed by atoms with Gasteiger partial charge < -0.3 is 15.0 Å². The van der Waals surface area contributed by atoms with E-state index in [9.17, 15) is 0 Å². The molecule has 2 fully saturated rings. The van der Waals surface area contributed by atoms with Crippen LogP contribution >= 0.6 is 0 Å². The fourth-order valence-corrected chi connectivity index (χ4v) is 3.45. The van der Waals surface area contributed by atoms with Crippen LogP contribution in [0.1, 0.15) is 25.7 Å². The molecule has 1 aliphatic heterocycles. The molecule has 1 saturated carbocycles. The van der Waals surface area contributed by atoms with E-state index in [4.69, 9.17) is 14.7 Å². The predicted octanol–water partition coefficient (Wildman–Crippen LogP) is 3.33. The number of hydrogen-bond donors (Lipinski definition) is 1. The van der Waals surface area contributed by atoms with E-state index in [2.05, 4.69) is 40.5 Å². The molecular formula is C19H24N4O. The van der Waals surface area contributed by atoms with Crippen molar-refractivity contribution in [3.05, 3.63) is 36.4 Å². The maximum atomic E-state index is 5.46. The maximum absolute atomic E-state index is 5.46. The third-order valence-electron chi connectivity index (χ3n) is 4.79. The highest BCUT2D eigenvalue weighted by molar-refractivity contribution is 5.64. The molecule has 0 bridgehead atoms. The third kappa shape index (κ3) is 3.51. The summed E-state index contributed by atoms with van der Waals surface area (Å²) in [5.74, 6) is 1.75. The van der Waals surface area contributed by atoms with Gasteiger partial charge in [0.25, 0.3) is 0 Å². The molecule has 1 aromatic heterocycles. The lowest BCUT2D eigenvalue weighted by molar-refractivity contribution is 0.122. The van der Waals surface area contributed by atoms with Crippen LogP contribution < -0.4 is 10.2 Å². The first-order chi connectivity index (χ1) is 11.9. The topological polar surface area (TPSA) is 50.3 Å². The number of hydrogen-bond acceptors (Lipinski definition) is 5. The summed E-state index contributed by atoms with van der Waals surface area (Å²) in [5.41, 5.74) is 2.11. The molecule has 1 aromatic carbocycles. The van der Waals surface area contributed by atoms with E-state index in [-0.39, 0.29) is 0 Å². The molecule has 4 rings (SSSR count). The number of anilines is 2. The number of nitrogens with zero attached hydrogens (tertiary/aromatic N) is 3. The fraction of sp³-hybridized carbons (Fsp3) is 0.474. The zero-order valence-electron chi connectivity index (χ0n) is 13.9. The zero-order valence-corrected chi connectivity index (χ0v) is 13.9. The standard InChI is InChI=1S/C19H24N4O/c1-2-6-15(7-3-1)17-14-18(20-16-8-4-5-9-16)22-19(21-17)23-10-12-24-13-11-23/h1-3,6-7,14,16H,4-5,8-13H2,(H,20,21,22).